The maximum absolute atomic E-state index is 12.6. The monoisotopic (exact) mass is 415 g/mol. The molecular weight excluding hydrogens is 394 g/mol. The number of carbonyl (C=O) groups is 1. The number of sulfonamides is 1. The van der Waals surface area contributed by atoms with Crippen LogP contribution in [0, 0.1) is 0 Å². The van der Waals surface area contributed by atoms with Gasteiger partial charge in [-0.25, -0.2) is 13.1 Å². The van der Waals surface area contributed by atoms with E-state index >= 15 is 0 Å². The quantitative estimate of drug-likeness (QED) is 0.614. The third kappa shape index (κ3) is 4.47. The zero-order valence-corrected chi connectivity index (χ0v) is 17.0. The van der Waals surface area contributed by atoms with E-state index in [9.17, 15) is 13.2 Å². The van der Waals surface area contributed by atoms with Gasteiger partial charge in [0.05, 0.1) is 7.11 Å². The number of nitrogens with one attached hydrogen (secondary N) is 2. The minimum Gasteiger partial charge on any atom is -0.495 e. The molecule has 0 aliphatic heterocycles. The van der Waals surface area contributed by atoms with Crippen molar-refractivity contribution in [2.75, 3.05) is 19.5 Å². The van der Waals surface area contributed by atoms with E-state index < -0.39 is 15.9 Å². The maximum atomic E-state index is 12.6. The van der Waals surface area contributed by atoms with Crippen LogP contribution in [0.25, 0.3) is 11.3 Å². The molecule has 152 valence electrons. The van der Waals surface area contributed by atoms with Gasteiger partial charge in [0, 0.05) is 17.2 Å². The number of hydrogen-bond donors (Lipinski definition) is 2. The molecule has 29 heavy (non-hydrogen) atoms. The Balaban J connectivity index is 1.82. The van der Waals surface area contributed by atoms with Crippen LogP contribution in [0.2, 0.25) is 0 Å². The summed E-state index contributed by atoms with van der Waals surface area (Å²) < 4.78 is 36.8. The van der Waals surface area contributed by atoms with Gasteiger partial charge in [0.1, 0.15) is 16.3 Å². The minimum absolute atomic E-state index is 0.130. The molecule has 0 aliphatic rings. The smallest absolute Gasteiger partial charge is 0.258 e. The fourth-order valence-electron chi connectivity index (χ4n) is 2.70. The van der Waals surface area contributed by atoms with Crippen LogP contribution in [0.5, 0.6) is 5.75 Å². The largest absolute Gasteiger partial charge is 0.495 e. The van der Waals surface area contributed by atoms with E-state index in [4.69, 9.17) is 9.26 Å². The Bertz CT molecular complexity index is 1120. The summed E-state index contributed by atoms with van der Waals surface area (Å²) in [4.78, 5) is 12.4. The van der Waals surface area contributed by atoms with Gasteiger partial charge in [-0.3, -0.25) is 10.1 Å². The van der Waals surface area contributed by atoms with Crippen LogP contribution in [0.15, 0.2) is 57.9 Å². The summed E-state index contributed by atoms with van der Waals surface area (Å²) in [5.74, 6) is -0.254. The molecule has 2 N–H and O–H groups in total. The molecule has 2 aromatic carbocycles. The fraction of sp³-hybridized carbons (Fsp3) is 0.200. The molecular formula is C20H21N3O5S. The van der Waals surface area contributed by atoms with Gasteiger partial charge in [-0.2, -0.15) is 0 Å². The van der Waals surface area contributed by atoms with Gasteiger partial charge in [0.15, 0.2) is 0 Å². The van der Waals surface area contributed by atoms with E-state index in [1.54, 1.807) is 6.07 Å². The highest BCUT2D eigenvalue weighted by molar-refractivity contribution is 7.89. The number of aryl methyl sites for hydroxylation is 1. The molecule has 9 heteroatoms. The van der Waals surface area contributed by atoms with Crippen LogP contribution in [-0.2, 0) is 16.4 Å². The Labute approximate surface area is 168 Å². The van der Waals surface area contributed by atoms with Crippen LogP contribution in [0.3, 0.4) is 0 Å². The lowest BCUT2D eigenvalue weighted by molar-refractivity contribution is 0.102. The standard InChI is InChI=1S/C20H21N3O5S/c1-4-13-5-7-14(8-6-13)16-12-19(28-23-16)22-20(24)15-9-10-17(27-3)18(11-15)29(25,26)21-2/h5-12,21H,4H2,1-3H3,(H,22,24). The van der Waals surface area contributed by atoms with E-state index in [2.05, 4.69) is 22.1 Å². The number of hydrogen-bond acceptors (Lipinski definition) is 6. The van der Waals surface area contributed by atoms with Crippen molar-refractivity contribution in [1.29, 1.82) is 0 Å². The molecule has 3 aromatic rings. The number of anilines is 1. The summed E-state index contributed by atoms with van der Waals surface area (Å²) in [7, 11) is -1.16. The van der Waals surface area contributed by atoms with Crippen molar-refractivity contribution in [3.63, 3.8) is 0 Å². The summed E-state index contributed by atoms with van der Waals surface area (Å²) in [6, 6.07) is 13.6. The Hall–Kier alpha value is -3.17. The zero-order valence-electron chi connectivity index (χ0n) is 16.2. The predicted octanol–water partition coefficient (Wildman–Crippen LogP) is 3.07. The maximum Gasteiger partial charge on any atom is 0.258 e. The minimum atomic E-state index is -3.80. The second-order valence-electron chi connectivity index (χ2n) is 6.15. The molecule has 0 bridgehead atoms. The first-order chi connectivity index (χ1) is 13.9. The molecule has 0 saturated carbocycles. The fourth-order valence-corrected chi connectivity index (χ4v) is 3.62. The lowest BCUT2D eigenvalue weighted by Crippen LogP contribution is -2.20. The van der Waals surface area contributed by atoms with Crippen LogP contribution >= 0.6 is 0 Å². The average Bonchev–Trinajstić information content (AvgIpc) is 3.21. The highest BCUT2D eigenvalue weighted by Crippen LogP contribution is 2.26. The van der Waals surface area contributed by atoms with Gasteiger partial charge in [-0.15, -0.1) is 0 Å². The summed E-state index contributed by atoms with van der Waals surface area (Å²) in [6.07, 6.45) is 0.938. The van der Waals surface area contributed by atoms with Crippen LogP contribution in [-0.4, -0.2) is 33.6 Å². The zero-order chi connectivity index (χ0) is 21.0. The topological polar surface area (TPSA) is 111 Å². The third-order valence-electron chi connectivity index (χ3n) is 4.39. The first-order valence-electron chi connectivity index (χ1n) is 8.87. The van der Waals surface area contributed by atoms with Crippen LogP contribution in [0.1, 0.15) is 22.8 Å². The molecule has 8 nitrogen and oxygen atoms in total. The van der Waals surface area contributed by atoms with Gasteiger partial charge in [-0.05, 0) is 37.2 Å². The molecule has 1 aromatic heterocycles. The molecule has 0 fully saturated rings. The first-order valence-corrected chi connectivity index (χ1v) is 10.3. The molecule has 1 heterocycles. The second kappa shape index (κ2) is 8.46. The van der Waals surface area contributed by atoms with Crippen LogP contribution < -0.4 is 14.8 Å². The lowest BCUT2D eigenvalue weighted by Gasteiger charge is -2.10. The van der Waals surface area contributed by atoms with Crippen molar-refractivity contribution >= 4 is 21.8 Å². The van der Waals surface area contributed by atoms with Gasteiger partial charge >= 0.3 is 0 Å². The highest BCUT2D eigenvalue weighted by atomic mass is 32.2. The number of carbonyl (C=O) groups excluding carboxylic acids is 1. The molecule has 0 aliphatic carbocycles. The average molecular weight is 415 g/mol. The van der Waals surface area contributed by atoms with Crippen molar-refractivity contribution < 1.29 is 22.5 Å². The van der Waals surface area contributed by atoms with Crippen molar-refractivity contribution in [3.8, 4) is 17.0 Å². The van der Waals surface area contributed by atoms with Crippen molar-refractivity contribution in [3.05, 3.63) is 59.7 Å². The third-order valence-corrected chi connectivity index (χ3v) is 5.82. The van der Waals surface area contributed by atoms with E-state index in [1.807, 2.05) is 24.3 Å². The lowest BCUT2D eigenvalue weighted by atomic mass is 10.1. The van der Waals surface area contributed by atoms with Gasteiger partial charge in [-0.1, -0.05) is 36.3 Å². The normalized spacial score (nSPS) is 11.3. The van der Waals surface area contributed by atoms with Crippen molar-refractivity contribution in [2.45, 2.75) is 18.2 Å². The molecule has 0 saturated heterocycles. The molecule has 0 radical (unpaired) electrons. The van der Waals surface area contributed by atoms with E-state index in [-0.39, 0.29) is 22.1 Å². The Morgan fingerprint density at radius 2 is 1.86 bits per heavy atom. The SMILES string of the molecule is CCc1ccc(-c2cc(NC(=O)c3ccc(OC)c(S(=O)(=O)NC)c3)on2)cc1. The summed E-state index contributed by atoms with van der Waals surface area (Å²) in [6.45, 7) is 2.07. The van der Waals surface area contributed by atoms with Crippen molar-refractivity contribution in [2.24, 2.45) is 0 Å². The Morgan fingerprint density at radius 3 is 2.48 bits per heavy atom. The molecule has 0 spiro atoms. The molecule has 3 rings (SSSR count). The van der Waals surface area contributed by atoms with E-state index in [0.29, 0.717) is 5.69 Å². The van der Waals surface area contributed by atoms with E-state index in [1.165, 1.54) is 37.9 Å². The summed E-state index contributed by atoms with van der Waals surface area (Å²) >= 11 is 0. The number of nitrogens with zero attached hydrogens (tertiary/aromatic N) is 1. The molecule has 1 amide bonds. The number of benzene rings is 2. The van der Waals surface area contributed by atoms with Gasteiger partial charge in [0.25, 0.3) is 5.91 Å². The van der Waals surface area contributed by atoms with Crippen LogP contribution in [0.4, 0.5) is 5.88 Å². The molecule has 0 unspecified atom stereocenters. The summed E-state index contributed by atoms with van der Waals surface area (Å²) in [5, 5.41) is 6.55. The number of amides is 1. The van der Waals surface area contributed by atoms with Gasteiger partial charge in [0.2, 0.25) is 15.9 Å². The summed E-state index contributed by atoms with van der Waals surface area (Å²) in [5.41, 5.74) is 2.77. The van der Waals surface area contributed by atoms with Gasteiger partial charge < -0.3 is 9.26 Å². The highest BCUT2D eigenvalue weighted by Gasteiger charge is 2.21. The number of rotatable bonds is 7. The van der Waals surface area contributed by atoms with E-state index in [0.717, 1.165) is 12.0 Å². The van der Waals surface area contributed by atoms with Crippen molar-refractivity contribution in [1.82, 2.24) is 9.88 Å². The Kier molecular flexibility index (Phi) is 6.00. The Morgan fingerprint density at radius 1 is 1.14 bits per heavy atom. The number of ether oxygens (including phenoxy) is 1. The number of methoxy groups -OCH3 is 1. The molecule has 0 atom stereocenters. The first kappa shape index (κ1) is 20.6. The second-order valence-corrected chi connectivity index (χ2v) is 8.01. The predicted molar refractivity (Wildman–Crippen MR) is 109 cm³/mol. The number of aromatic nitrogens is 1.